The van der Waals surface area contributed by atoms with Crippen LogP contribution in [0.2, 0.25) is 0 Å². The number of benzene rings is 1. The van der Waals surface area contributed by atoms with Gasteiger partial charge in [-0.2, -0.15) is 0 Å². The number of hydrogen-bond donors (Lipinski definition) is 1. The van der Waals surface area contributed by atoms with E-state index >= 15 is 0 Å². The highest BCUT2D eigenvalue weighted by molar-refractivity contribution is 5.39. The van der Waals surface area contributed by atoms with E-state index < -0.39 is 0 Å². The minimum atomic E-state index is 0.550. The Kier molecular flexibility index (Phi) is 3.17. The van der Waals surface area contributed by atoms with Gasteiger partial charge in [-0.25, -0.2) is 0 Å². The zero-order valence-corrected chi connectivity index (χ0v) is 9.18. The largest absolute Gasteiger partial charge is 0.455 e. The van der Waals surface area contributed by atoms with E-state index in [0.29, 0.717) is 6.54 Å². The van der Waals surface area contributed by atoms with Crippen LogP contribution in [0.5, 0.6) is 11.5 Å². The maximum Gasteiger partial charge on any atom is 0.145 e. The number of nitrogens with zero attached hydrogens (tertiary/aromatic N) is 1. The SMILES string of the molecule is Cc1cc(CN)ccc1Oc1cccnc1. The molecule has 0 amide bonds. The van der Waals surface area contributed by atoms with Crippen LogP contribution in [0, 0.1) is 6.92 Å². The van der Waals surface area contributed by atoms with E-state index in [4.69, 9.17) is 10.5 Å². The minimum absolute atomic E-state index is 0.550. The van der Waals surface area contributed by atoms with Gasteiger partial charge in [0.1, 0.15) is 11.5 Å². The van der Waals surface area contributed by atoms with Gasteiger partial charge >= 0.3 is 0 Å². The molecule has 1 aromatic carbocycles. The Morgan fingerprint density at radius 3 is 2.81 bits per heavy atom. The van der Waals surface area contributed by atoms with Crippen molar-refractivity contribution in [3.63, 3.8) is 0 Å². The van der Waals surface area contributed by atoms with E-state index in [2.05, 4.69) is 4.98 Å². The van der Waals surface area contributed by atoms with Gasteiger partial charge in [-0.3, -0.25) is 4.98 Å². The van der Waals surface area contributed by atoms with Gasteiger partial charge < -0.3 is 10.5 Å². The van der Waals surface area contributed by atoms with Gasteiger partial charge in [0.25, 0.3) is 0 Å². The Bertz CT molecular complexity index is 469. The number of nitrogens with two attached hydrogens (primary N) is 1. The molecule has 1 aromatic heterocycles. The summed E-state index contributed by atoms with van der Waals surface area (Å²) in [7, 11) is 0. The highest BCUT2D eigenvalue weighted by Crippen LogP contribution is 2.24. The summed E-state index contributed by atoms with van der Waals surface area (Å²) in [6, 6.07) is 9.66. The molecule has 0 saturated heterocycles. The number of aromatic nitrogens is 1. The van der Waals surface area contributed by atoms with E-state index in [9.17, 15) is 0 Å². The number of rotatable bonds is 3. The van der Waals surface area contributed by atoms with Gasteiger partial charge in [0.2, 0.25) is 0 Å². The van der Waals surface area contributed by atoms with Crippen molar-refractivity contribution in [2.24, 2.45) is 5.73 Å². The van der Waals surface area contributed by atoms with Crippen molar-refractivity contribution in [2.75, 3.05) is 0 Å². The maximum atomic E-state index is 5.71. The highest BCUT2D eigenvalue weighted by atomic mass is 16.5. The van der Waals surface area contributed by atoms with E-state index in [1.165, 1.54) is 0 Å². The molecule has 2 aromatic rings. The zero-order valence-electron chi connectivity index (χ0n) is 9.18. The fraction of sp³-hybridized carbons (Fsp3) is 0.154. The summed E-state index contributed by atoms with van der Waals surface area (Å²) < 4.78 is 5.71. The number of aryl methyl sites for hydroxylation is 1. The van der Waals surface area contributed by atoms with Gasteiger partial charge in [-0.05, 0) is 36.2 Å². The van der Waals surface area contributed by atoms with Gasteiger partial charge in [0.05, 0.1) is 6.20 Å². The Morgan fingerprint density at radius 2 is 2.19 bits per heavy atom. The van der Waals surface area contributed by atoms with E-state index in [1.54, 1.807) is 12.4 Å². The molecule has 0 unspecified atom stereocenters. The van der Waals surface area contributed by atoms with Crippen LogP contribution >= 0.6 is 0 Å². The number of ether oxygens (including phenoxy) is 1. The van der Waals surface area contributed by atoms with Crippen molar-refractivity contribution in [2.45, 2.75) is 13.5 Å². The summed E-state index contributed by atoms with van der Waals surface area (Å²) in [5.41, 5.74) is 7.75. The van der Waals surface area contributed by atoms with Crippen molar-refractivity contribution < 1.29 is 4.74 Å². The van der Waals surface area contributed by atoms with Gasteiger partial charge in [-0.1, -0.05) is 12.1 Å². The molecule has 0 atom stereocenters. The third-order valence-corrected chi connectivity index (χ3v) is 2.34. The average molecular weight is 214 g/mol. The third kappa shape index (κ3) is 2.38. The second-order valence-corrected chi connectivity index (χ2v) is 3.59. The van der Waals surface area contributed by atoms with E-state index in [1.807, 2.05) is 37.3 Å². The number of hydrogen-bond acceptors (Lipinski definition) is 3. The van der Waals surface area contributed by atoms with Crippen LogP contribution in [0.25, 0.3) is 0 Å². The van der Waals surface area contributed by atoms with Crippen LogP contribution in [-0.2, 0) is 6.54 Å². The second-order valence-electron chi connectivity index (χ2n) is 3.59. The summed E-state index contributed by atoms with van der Waals surface area (Å²) in [6.07, 6.45) is 3.41. The van der Waals surface area contributed by atoms with Crippen molar-refractivity contribution >= 4 is 0 Å². The minimum Gasteiger partial charge on any atom is -0.455 e. The lowest BCUT2D eigenvalue weighted by molar-refractivity contribution is 0.476. The van der Waals surface area contributed by atoms with Crippen molar-refractivity contribution in [1.29, 1.82) is 0 Å². The maximum absolute atomic E-state index is 5.71. The third-order valence-electron chi connectivity index (χ3n) is 2.34. The predicted octanol–water partition coefficient (Wildman–Crippen LogP) is 2.64. The first-order valence-corrected chi connectivity index (χ1v) is 5.17. The summed E-state index contributed by atoms with van der Waals surface area (Å²) in [5, 5.41) is 0. The van der Waals surface area contributed by atoms with Crippen molar-refractivity contribution in [3.8, 4) is 11.5 Å². The molecule has 2 N–H and O–H groups in total. The molecule has 3 heteroatoms. The summed E-state index contributed by atoms with van der Waals surface area (Å²) >= 11 is 0. The van der Waals surface area contributed by atoms with E-state index in [-0.39, 0.29) is 0 Å². The fourth-order valence-corrected chi connectivity index (χ4v) is 1.49. The molecule has 3 nitrogen and oxygen atoms in total. The molecule has 82 valence electrons. The van der Waals surface area contributed by atoms with Gasteiger partial charge in [-0.15, -0.1) is 0 Å². The molecule has 16 heavy (non-hydrogen) atoms. The lowest BCUT2D eigenvalue weighted by atomic mass is 10.1. The molecular formula is C13H14N2O. The van der Waals surface area contributed by atoms with E-state index in [0.717, 1.165) is 22.6 Å². The quantitative estimate of drug-likeness (QED) is 0.854. The fourth-order valence-electron chi connectivity index (χ4n) is 1.49. The van der Waals surface area contributed by atoms with Crippen molar-refractivity contribution in [3.05, 3.63) is 53.9 Å². The Hall–Kier alpha value is -1.87. The molecule has 0 bridgehead atoms. The zero-order chi connectivity index (χ0) is 11.4. The van der Waals surface area contributed by atoms with Crippen LogP contribution in [0.1, 0.15) is 11.1 Å². The summed E-state index contributed by atoms with van der Waals surface area (Å²) in [4.78, 5) is 4.00. The molecular weight excluding hydrogens is 200 g/mol. The van der Waals surface area contributed by atoms with Crippen LogP contribution in [0.4, 0.5) is 0 Å². The lowest BCUT2D eigenvalue weighted by Gasteiger charge is -2.09. The van der Waals surface area contributed by atoms with Crippen LogP contribution in [0.3, 0.4) is 0 Å². The average Bonchev–Trinajstić information content (AvgIpc) is 2.33. The summed E-state index contributed by atoms with van der Waals surface area (Å²) in [5.74, 6) is 1.58. The standard InChI is InChI=1S/C13H14N2O/c1-10-7-11(8-14)4-5-13(10)16-12-3-2-6-15-9-12/h2-7,9H,8,14H2,1H3. The van der Waals surface area contributed by atoms with Crippen LogP contribution in [-0.4, -0.2) is 4.98 Å². The first-order chi connectivity index (χ1) is 7.79. The molecule has 1 heterocycles. The molecule has 0 aliphatic heterocycles. The lowest BCUT2D eigenvalue weighted by Crippen LogP contribution is -1.97. The molecule has 0 aliphatic carbocycles. The van der Waals surface area contributed by atoms with Gasteiger partial charge in [0, 0.05) is 12.7 Å². The Balaban J connectivity index is 2.22. The van der Waals surface area contributed by atoms with Crippen LogP contribution < -0.4 is 10.5 Å². The predicted molar refractivity (Wildman–Crippen MR) is 63.4 cm³/mol. The van der Waals surface area contributed by atoms with Crippen molar-refractivity contribution in [1.82, 2.24) is 4.98 Å². The Labute approximate surface area is 94.9 Å². The molecule has 0 radical (unpaired) electrons. The molecule has 2 rings (SSSR count). The van der Waals surface area contributed by atoms with Gasteiger partial charge in [0.15, 0.2) is 0 Å². The molecule has 0 saturated carbocycles. The Morgan fingerprint density at radius 1 is 1.31 bits per heavy atom. The number of pyridine rings is 1. The summed E-state index contributed by atoms with van der Waals surface area (Å²) in [6.45, 7) is 2.55. The first kappa shape index (κ1) is 10.6. The molecule has 0 fully saturated rings. The smallest absolute Gasteiger partial charge is 0.145 e. The molecule has 0 aliphatic rings. The second kappa shape index (κ2) is 4.77. The first-order valence-electron chi connectivity index (χ1n) is 5.17. The monoisotopic (exact) mass is 214 g/mol. The normalized spacial score (nSPS) is 10.1. The van der Waals surface area contributed by atoms with Crippen LogP contribution in [0.15, 0.2) is 42.7 Å². The topological polar surface area (TPSA) is 48.1 Å². The molecule has 0 spiro atoms. The highest BCUT2D eigenvalue weighted by Gasteiger charge is 2.01.